The number of ether oxygens (including phenoxy) is 1. The number of carbonyl (C=O) groups excluding carboxylic acids is 1. The molecule has 0 bridgehead atoms. The summed E-state index contributed by atoms with van der Waals surface area (Å²) >= 11 is 4.17. The van der Waals surface area contributed by atoms with Crippen LogP contribution in [-0.2, 0) is 6.61 Å². The number of hydrogen-bond donors (Lipinski definition) is 1. The van der Waals surface area contributed by atoms with E-state index in [-0.39, 0.29) is 18.3 Å². The van der Waals surface area contributed by atoms with Crippen LogP contribution in [0.5, 0.6) is 5.75 Å². The van der Waals surface area contributed by atoms with Crippen LogP contribution in [0.1, 0.15) is 27.3 Å². The maximum Gasteiger partial charge on any atom is 0.269 e. The lowest BCUT2D eigenvalue weighted by molar-refractivity contribution is 0.102. The largest absolute Gasteiger partial charge is 0.486 e. The molecule has 26 heavy (non-hydrogen) atoms. The number of nitrogens with zero attached hydrogens (tertiary/aromatic N) is 3. The van der Waals surface area contributed by atoms with E-state index < -0.39 is 0 Å². The van der Waals surface area contributed by atoms with Crippen LogP contribution in [0.3, 0.4) is 0 Å². The number of carbonyl (C=O) groups is 1. The molecule has 0 spiro atoms. The first-order chi connectivity index (χ1) is 12.5. The number of aryl methyl sites for hydroxylation is 1. The first-order valence-corrected chi connectivity index (χ1v) is 10.3. The molecule has 0 saturated carbocycles. The molecule has 2 aromatic heterocycles. The van der Waals surface area contributed by atoms with E-state index in [0.29, 0.717) is 26.5 Å². The fraction of sp³-hybridized carbons (Fsp3) is 0.250. The molecule has 10 heteroatoms. The zero-order valence-electron chi connectivity index (χ0n) is 14.0. The summed E-state index contributed by atoms with van der Waals surface area (Å²) in [5.41, 5.74) is 0.623. The monoisotopic (exact) mass is 410 g/mol. The van der Waals surface area contributed by atoms with Crippen LogP contribution in [0.2, 0.25) is 0 Å². The lowest BCUT2D eigenvalue weighted by atomic mass is 10.3. The summed E-state index contributed by atoms with van der Waals surface area (Å²) in [4.78, 5) is 17.3. The van der Waals surface area contributed by atoms with E-state index in [4.69, 9.17) is 4.74 Å². The number of nitrogens with one attached hydrogen (secondary N) is 1. The highest BCUT2D eigenvalue weighted by atomic mass is 32.2. The SMILES string of the molecule is CCSc1nnc(NC(=O)c2sc(COc3ccc(F)cc3)nc2C)s1. The normalized spacial score (nSPS) is 10.7. The van der Waals surface area contributed by atoms with Crippen LogP contribution in [0, 0.1) is 12.7 Å². The molecule has 6 nitrogen and oxygen atoms in total. The van der Waals surface area contributed by atoms with E-state index in [2.05, 4.69) is 20.5 Å². The maximum absolute atomic E-state index is 12.9. The first-order valence-electron chi connectivity index (χ1n) is 7.67. The van der Waals surface area contributed by atoms with Gasteiger partial charge in [-0.2, -0.15) is 0 Å². The predicted octanol–water partition coefficient (Wildman–Crippen LogP) is 4.39. The Morgan fingerprint density at radius 1 is 1.27 bits per heavy atom. The summed E-state index contributed by atoms with van der Waals surface area (Å²) in [6, 6.07) is 5.75. The lowest BCUT2D eigenvalue weighted by Gasteiger charge is -2.03. The molecule has 0 saturated heterocycles. The van der Waals surface area contributed by atoms with Gasteiger partial charge in [0.2, 0.25) is 5.13 Å². The molecule has 136 valence electrons. The molecule has 1 aromatic carbocycles. The van der Waals surface area contributed by atoms with Crippen molar-refractivity contribution in [2.75, 3.05) is 11.1 Å². The van der Waals surface area contributed by atoms with Crippen LogP contribution in [-0.4, -0.2) is 26.8 Å². The number of aromatic nitrogens is 3. The van der Waals surface area contributed by atoms with Crippen molar-refractivity contribution < 1.29 is 13.9 Å². The summed E-state index contributed by atoms with van der Waals surface area (Å²) < 4.78 is 19.3. The number of rotatable bonds is 7. The van der Waals surface area contributed by atoms with Crippen molar-refractivity contribution in [1.29, 1.82) is 0 Å². The highest BCUT2D eigenvalue weighted by Crippen LogP contribution is 2.27. The van der Waals surface area contributed by atoms with Gasteiger partial charge in [0, 0.05) is 0 Å². The van der Waals surface area contributed by atoms with Gasteiger partial charge in [-0.3, -0.25) is 10.1 Å². The average molecular weight is 411 g/mol. The van der Waals surface area contributed by atoms with Crippen molar-refractivity contribution in [2.45, 2.75) is 24.8 Å². The third kappa shape index (κ3) is 4.77. The average Bonchev–Trinajstić information content (AvgIpc) is 3.21. The zero-order chi connectivity index (χ0) is 18.5. The molecule has 1 N–H and O–H groups in total. The molecule has 0 fully saturated rings. The van der Waals surface area contributed by atoms with Crippen molar-refractivity contribution in [1.82, 2.24) is 15.2 Å². The molecule has 0 aliphatic heterocycles. The Kier molecular flexibility index (Phi) is 6.17. The number of halogens is 1. The van der Waals surface area contributed by atoms with Gasteiger partial charge in [-0.1, -0.05) is 30.0 Å². The second kappa shape index (κ2) is 8.56. The Bertz CT molecular complexity index is 895. The number of thioether (sulfide) groups is 1. The van der Waals surface area contributed by atoms with Gasteiger partial charge >= 0.3 is 0 Å². The molecule has 0 aliphatic carbocycles. The van der Waals surface area contributed by atoms with Crippen molar-refractivity contribution in [3.8, 4) is 5.75 Å². The Labute approximate surface area is 161 Å². The van der Waals surface area contributed by atoms with E-state index in [1.54, 1.807) is 30.8 Å². The summed E-state index contributed by atoms with van der Waals surface area (Å²) in [6.07, 6.45) is 0. The van der Waals surface area contributed by atoms with Crippen LogP contribution >= 0.6 is 34.4 Å². The Morgan fingerprint density at radius 3 is 2.77 bits per heavy atom. The Morgan fingerprint density at radius 2 is 2.04 bits per heavy atom. The van der Waals surface area contributed by atoms with E-state index in [9.17, 15) is 9.18 Å². The molecule has 1 amide bonds. The zero-order valence-corrected chi connectivity index (χ0v) is 16.4. The molecule has 3 aromatic rings. The van der Waals surface area contributed by atoms with Gasteiger partial charge in [0.05, 0.1) is 5.69 Å². The Balaban J connectivity index is 1.62. The van der Waals surface area contributed by atoms with Crippen molar-refractivity contribution >= 4 is 45.5 Å². The number of benzene rings is 1. The molecule has 0 unspecified atom stereocenters. The predicted molar refractivity (Wildman–Crippen MR) is 102 cm³/mol. The smallest absolute Gasteiger partial charge is 0.269 e. The number of amides is 1. The quantitative estimate of drug-likeness (QED) is 0.460. The molecular weight excluding hydrogens is 395 g/mol. The van der Waals surface area contributed by atoms with Crippen molar-refractivity contribution in [3.05, 3.63) is 45.7 Å². The summed E-state index contributed by atoms with van der Waals surface area (Å²) in [5, 5.41) is 11.8. The number of thiazole rings is 1. The standard InChI is InChI=1S/C16H15FN4O2S3/c1-3-24-16-21-20-15(26-16)19-14(22)13-9(2)18-12(25-13)8-23-11-6-4-10(17)5-7-11/h4-7H,3,8H2,1-2H3,(H,19,20,22). The van der Waals surface area contributed by atoms with Crippen LogP contribution in [0.15, 0.2) is 28.6 Å². The lowest BCUT2D eigenvalue weighted by Crippen LogP contribution is -2.11. The first kappa shape index (κ1) is 18.7. The van der Waals surface area contributed by atoms with Gasteiger partial charge in [-0.25, -0.2) is 9.37 Å². The minimum absolute atomic E-state index is 0.209. The molecule has 0 atom stereocenters. The van der Waals surface area contributed by atoms with Gasteiger partial charge < -0.3 is 4.74 Å². The van der Waals surface area contributed by atoms with Crippen LogP contribution in [0.4, 0.5) is 9.52 Å². The topological polar surface area (TPSA) is 77.0 Å². The second-order valence-electron chi connectivity index (χ2n) is 5.02. The van der Waals surface area contributed by atoms with Crippen molar-refractivity contribution in [2.24, 2.45) is 0 Å². The third-order valence-electron chi connectivity index (χ3n) is 3.12. The highest BCUT2D eigenvalue weighted by molar-refractivity contribution is 8.01. The number of hydrogen-bond acceptors (Lipinski definition) is 8. The van der Waals surface area contributed by atoms with Crippen molar-refractivity contribution in [3.63, 3.8) is 0 Å². The van der Waals surface area contributed by atoms with Gasteiger partial charge in [-0.15, -0.1) is 21.5 Å². The van der Waals surface area contributed by atoms with Gasteiger partial charge in [0.1, 0.15) is 28.1 Å². The minimum atomic E-state index is -0.321. The summed E-state index contributed by atoms with van der Waals surface area (Å²) in [6.45, 7) is 4.01. The minimum Gasteiger partial charge on any atom is -0.486 e. The van der Waals surface area contributed by atoms with Crippen LogP contribution < -0.4 is 10.1 Å². The van der Waals surface area contributed by atoms with E-state index in [1.165, 1.54) is 34.8 Å². The Hall–Kier alpha value is -2.04. The van der Waals surface area contributed by atoms with E-state index in [1.807, 2.05) is 6.92 Å². The fourth-order valence-electron chi connectivity index (χ4n) is 2.00. The van der Waals surface area contributed by atoms with Gasteiger partial charge in [0.25, 0.3) is 5.91 Å². The van der Waals surface area contributed by atoms with Gasteiger partial charge in [-0.05, 0) is 36.9 Å². The number of anilines is 1. The third-order valence-corrected chi connectivity index (χ3v) is 6.10. The molecule has 0 aliphatic rings. The molecule has 2 heterocycles. The van der Waals surface area contributed by atoms with E-state index in [0.717, 1.165) is 10.1 Å². The fourth-order valence-corrected chi connectivity index (χ4v) is 4.51. The maximum atomic E-state index is 12.9. The van der Waals surface area contributed by atoms with Crippen LogP contribution in [0.25, 0.3) is 0 Å². The molecule has 0 radical (unpaired) electrons. The van der Waals surface area contributed by atoms with Gasteiger partial charge in [0.15, 0.2) is 4.34 Å². The second-order valence-corrected chi connectivity index (χ2v) is 8.60. The summed E-state index contributed by atoms with van der Waals surface area (Å²) in [7, 11) is 0. The highest BCUT2D eigenvalue weighted by Gasteiger charge is 2.17. The molecule has 3 rings (SSSR count). The van der Waals surface area contributed by atoms with E-state index >= 15 is 0 Å². The molecular formula is C16H15FN4O2S3. The summed E-state index contributed by atoms with van der Waals surface area (Å²) in [5.74, 6) is 0.851.